The summed E-state index contributed by atoms with van der Waals surface area (Å²) in [6.07, 6.45) is 4.78. The van der Waals surface area contributed by atoms with E-state index in [-0.39, 0.29) is 18.5 Å². The lowest BCUT2D eigenvalue weighted by atomic mass is 9.48. The van der Waals surface area contributed by atoms with Crippen LogP contribution in [0.2, 0.25) is 0 Å². The second-order valence-electron chi connectivity index (χ2n) is 9.10. The van der Waals surface area contributed by atoms with E-state index < -0.39 is 11.0 Å². The second-order valence-corrected chi connectivity index (χ2v) is 9.10. The standard InChI is InChI=1S/C22H29NO5/c1-23(12-17-5-3-4-6-18(17)27-2)19(24)13-28-20(25)21-8-15-7-16(9-21)11-22(26,10-15)14-21/h3-6,15-16,26H,7-14H2,1-2H3/t15-,16+,21?,22?. The maximum Gasteiger partial charge on any atom is 0.312 e. The number of amides is 1. The fourth-order valence-electron chi connectivity index (χ4n) is 6.02. The number of ether oxygens (including phenoxy) is 2. The Labute approximate surface area is 165 Å². The zero-order valence-electron chi connectivity index (χ0n) is 16.6. The highest BCUT2D eigenvalue weighted by Crippen LogP contribution is 2.61. The van der Waals surface area contributed by atoms with Gasteiger partial charge in [-0.15, -0.1) is 0 Å². The van der Waals surface area contributed by atoms with Crippen molar-refractivity contribution in [3.05, 3.63) is 29.8 Å². The summed E-state index contributed by atoms with van der Waals surface area (Å²) in [7, 11) is 3.29. The van der Waals surface area contributed by atoms with Crippen molar-refractivity contribution in [2.24, 2.45) is 17.3 Å². The molecule has 4 atom stereocenters. The minimum Gasteiger partial charge on any atom is -0.496 e. The molecule has 0 spiro atoms. The topological polar surface area (TPSA) is 76.1 Å². The third kappa shape index (κ3) is 3.50. The Bertz CT molecular complexity index is 762. The van der Waals surface area contributed by atoms with Crippen molar-refractivity contribution in [1.29, 1.82) is 0 Å². The van der Waals surface area contributed by atoms with Gasteiger partial charge in [-0.2, -0.15) is 0 Å². The number of hydrogen-bond acceptors (Lipinski definition) is 5. The van der Waals surface area contributed by atoms with Crippen LogP contribution in [-0.4, -0.2) is 48.2 Å². The number of methoxy groups -OCH3 is 1. The Hall–Kier alpha value is -2.08. The first-order chi connectivity index (χ1) is 13.3. The third-order valence-electron chi connectivity index (χ3n) is 6.82. The number of esters is 1. The molecule has 6 heteroatoms. The minimum absolute atomic E-state index is 0.248. The Morgan fingerprint density at radius 2 is 1.86 bits per heavy atom. The number of rotatable bonds is 6. The predicted molar refractivity (Wildman–Crippen MR) is 102 cm³/mol. The van der Waals surface area contributed by atoms with E-state index in [0.717, 1.165) is 43.4 Å². The summed E-state index contributed by atoms with van der Waals surface area (Å²) in [6, 6.07) is 7.54. The molecule has 4 aliphatic carbocycles. The van der Waals surface area contributed by atoms with Gasteiger partial charge in [0.15, 0.2) is 6.61 Å². The highest BCUT2D eigenvalue weighted by Gasteiger charge is 2.60. The molecule has 6 nitrogen and oxygen atoms in total. The number of para-hydroxylation sites is 1. The lowest BCUT2D eigenvalue weighted by Gasteiger charge is -2.58. The summed E-state index contributed by atoms with van der Waals surface area (Å²) in [4.78, 5) is 26.9. The van der Waals surface area contributed by atoms with Crippen LogP contribution in [0, 0.1) is 17.3 Å². The van der Waals surface area contributed by atoms with E-state index in [1.54, 1.807) is 19.1 Å². The largest absolute Gasteiger partial charge is 0.496 e. The van der Waals surface area contributed by atoms with E-state index in [4.69, 9.17) is 9.47 Å². The lowest BCUT2D eigenvalue weighted by Crippen LogP contribution is -2.58. The van der Waals surface area contributed by atoms with E-state index in [2.05, 4.69) is 0 Å². The van der Waals surface area contributed by atoms with Crippen molar-refractivity contribution in [2.45, 2.75) is 50.7 Å². The number of nitrogens with zero attached hydrogens (tertiary/aromatic N) is 1. The van der Waals surface area contributed by atoms with E-state index in [1.165, 1.54) is 0 Å². The summed E-state index contributed by atoms with van der Waals surface area (Å²) < 4.78 is 10.8. The summed E-state index contributed by atoms with van der Waals surface area (Å²) in [5, 5.41) is 10.8. The van der Waals surface area contributed by atoms with Gasteiger partial charge in [0.25, 0.3) is 5.91 Å². The van der Waals surface area contributed by atoms with Gasteiger partial charge in [-0.25, -0.2) is 0 Å². The maximum absolute atomic E-state index is 12.9. The number of likely N-dealkylation sites (N-methyl/N-ethyl adjacent to an activating group) is 1. The molecule has 0 heterocycles. The number of hydrogen-bond donors (Lipinski definition) is 1. The normalized spacial score (nSPS) is 32.8. The molecule has 28 heavy (non-hydrogen) atoms. The fourth-order valence-corrected chi connectivity index (χ4v) is 6.02. The number of carbonyl (C=O) groups excluding carboxylic acids is 2. The molecule has 4 fully saturated rings. The Balaban J connectivity index is 1.35. The summed E-state index contributed by atoms with van der Waals surface area (Å²) in [5.41, 5.74) is -0.413. The van der Waals surface area contributed by atoms with Gasteiger partial charge in [-0.3, -0.25) is 9.59 Å². The van der Waals surface area contributed by atoms with Crippen molar-refractivity contribution in [3.8, 4) is 5.75 Å². The van der Waals surface area contributed by atoms with Gasteiger partial charge in [0.2, 0.25) is 0 Å². The average molecular weight is 387 g/mol. The quantitative estimate of drug-likeness (QED) is 0.759. The molecule has 0 aromatic heterocycles. The monoisotopic (exact) mass is 387 g/mol. The molecule has 0 radical (unpaired) electrons. The van der Waals surface area contributed by atoms with Crippen LogP contribution in [0.25, 0.3) is 0 Å². The number of benzene rings is 1. The Kier molecular flexibility index (Phi) is 4.86. The van der Waals surface area contributed by atoms with Crippen LogP contribution in [0.5, 0.6) is 5.75 Å². The SMILES string of the molecule is COc1ccccc1CN(C)C(=O)COC(=O)C12C[C@@H]3C[C@@H](CC(O)(C3)C1)C2. The van der Waals surface area contributed by atoms with Crippen LogP contribution < -0.4 is 4.74 Å². The predicted octanol–water partition coefficient (Wildman–Crippen LogP) is 2.53. The molecule has 2 unspecified atom stereocenters. The number of aliphatic hydroxyl groups is 1. The fraction of sp³-hybridized carbons (Fsp3) is 0.636. The van der Waals surface area contributed by atoms with Crippen LogP contribution in [0.15, 0.2) is 24.3 Å². The molecule has 1 N–H and O–H groups in total. The molecule has 0 aliphatic heterocycles. The summed E-state index contributed by atoms with van der Waals surface area (Å²) >= 11 is 0. The van der Waals surface area contributed by atoms with Crippen LogP contribution in [-0.2, 0) is 20.9 Å². The molecule has 1 amide bonds. The van der Waals surface area contributed by atoms with E-state index in [0.29, 0.717) is 24.8 Å². The van der Waals surface area contributed by atoms with Crippen LogP contribution in [0.4, 0.5) is 0 Å². The van der Waals surface area contributed by atoms with Crippen molar-refractivity contribution < 1.29 is 24.2 Å². The lowest BCUT2D eigenvalue weighted by molar-refractivity contribution is -0.196. The van der Waals surface area contributed by atoms with E-state index >= 15 is 0 Å². The van der Waals surface area contributed by atoms with Gasteiger partial charge >= 0.3 is 5.97 Å². The van der Waals surface area contributed by atoms with Crippen LogP contribution >= 0.6 is 0 Å². The highest BCUT2D eigenvalue weighted by molar-refractivity contribution is 5.83. The average Bonchev–Trinajstić information content (AvgIpc) is 2.64. The van der Waals surface area contributed by atoms with Crippen LogP contribution in [0.1, 0.15) is 44.1 Å². The van der Waals surface area contributed by atoms with Crippen LogP contribution in [0.3, 0.4) is 0 Å². The molecule has 0 saturated heterocycles. The van der Waals surface area contributed by atoms with Gasteiger partial charge in [-0.05, 0) is 56.4 Å². The van der Waals surface area contributed by atoms with Crippen molar-refractivity contribution >= 4 is 11.9 Å². The van der Waals surface area contributed by atoms with Crippen molar-refractivity contribution in [2.75, 3.05) is 20.8 Å². The Morgan fingerprint density at radius 3 is 2.50 bits per heavy atom. The van der Waals surface area contributed by atoms with Gasteiger partial charge < -0.3 is 19.5 Å². The van der Waals surface area contributed by atoms with Gasteiger partial charge in [0.1, 0.15) is 5.75 Å². The molecule has 4 aliphatic rings. The molecule has 1 aromatic rings. The van der Waals surface area contributed by atoms with Crippen molar-refractivity contribution in [1.82, 2.24) is 4.90 Å². The van der Waals surface area contributed by atoms with Gasteiger partial charge in [0, 0.05) is 19.2 Å². The third-order valence-corrected chi connectivity index (χ3v) is 6.82. The first kappa shape index (κ1) is 19.2. The Morgan fingerprint density at radius 1 is 1.18 bits per heavy atom. The molecule has 5 rings (SSSR count). The zero-order chi connectivity index (χ0) is 19.9. The summed E-state index contributed by atoms with van der Waals surface area (Å²) in [5.74, 6) is 0.980. The molecule has 1 aromatic carbocycles. The summed E-state index contributed by atoms with van der Waals surface area (Å²) in [6.45, 7) is 0.120. The number of carbonyl (C=O) groups is 2. The van der Waals surface area contributed by atoms with E-state index in [9.17, 15) is 14.7 Å². The second kappa shape index (κ2) is 7.07. The first-order valence-corrected chi connectivity index (χ1v) is 10.1. The van der Waals surface area contributed by atoms with Gasteiger partial charge in [-0.1, -0.05) is 18.2 Å². The molecule has 152 valence electrons. The molecular formula is C22H29NO5. The minimum atomic E-state index is -0.715. The first-order valence-electron chi connectivity index (χ1n) is 10.1. The maximum atomic E-state index is 12.9. The zero-order valence-corrected chi connectivity index (χ0v) is 16.6. The van der Waals surface area contributed by atoms with Crippen molar-refractivity contribution in [3.63, 3.8) is 0 Å². The highest BCUT2D eigenvalue weighted by atomic mass is 16.5. The molecule has 4 bridgehead atoms. The molecule has 4 saturated carbocycles. The molecular weight excluding hydrogens is 358 g/mol. The van der Waals surface area contributed by atoms with Gasteiger partial charge in [0.05, 0.1) is 18.1 Å². The van der Waals surface area contributed by atoms with E-state index in [1.807, 2.05) is 24.3 Å². The smallest absolute Gasteiger partial charge is 0.312 e.